The zero-order chi connectivity index (χ0) is 2.00. The van der Waals surface area contributed by atoms with E-state index in [1.807, 2.05) is 0 Å². The molecule has 0 saturated carbocycles. The fraction of sp³-hybridized carbons (Fsp3) is 0. The molecular weight excluding hydrogens is 592 g/mol. The van der Waals surface area contributed by atoms with Crippen molar-refractivity contribution in [2.24, 2.45) is 0 Å². The third-order valence-electron chi connectivity index (χ3n) is 0. The minimum absolute atomic E-state index is 0. The fourth-order valence-electron chi connectivity index (χ4n) is 0. The molecule has 6 heteroatoms. The second-order valence-corrected chi connectivity index (χ2v) is 0. The van der Waals surface area contributed by atoms with E-state index in [2.05, 4.69) is 0 Å². The normalized spacial score (nSPS) is 1.00. The summed E-state index contributed by atoms with van der Waals surface area (Å²) in [6, 6.07) is 0. The molecule has 0 amide bonds. The van der Waals surface area contributed by atoms with Gasteiger partial charge < -0.3 is 0 Å². The van der Waals surface area contributed by atoms with Crippen molar-refractivity contribution in [2.45, 2.75) is 0 Å². The van der Waals surface area contributed by atoms with Crippen LogP contribution in [0.4, 0.5) is 0 Å². The summed E-state index contributed by atoms with van der Waals surface area (Å²) < 4.78 is 0. The molecule has 6 heavy (non-hydrogen) atoms. The van der Waals surface area contributed by atoms with Gasteiger partial charge in [0.25, 0.3) is 0 Å². The topological polar surface area (TPSA) is 40.5 Å². The number of rotatable bonds is 0. The molecular formula is H2Mo2O2W2. The van der Waals surface area contributed by atoms with Crippen molar-refractivity contribution in [3.8, 4) is 0 Å². The monoisotopic (exact) mass is 598 g/mol. The molecule has 0 radical (unpaired) electrons. The predicted octanol–water partition coefficient (Wildman–Crippen LogP) is 0.00740. The molecule has 0 aromatic rings. The molecule has 38 valence electrons. The molecule has 0 aliphatic heterocycles. The van der Waals surface area contributed by atoms with E-state index >= 15 is 0 Å². The number of hydrogen-bond acceptors (Lipinski definition) is 2. The Bertz CT molecular complexity index is 9.51. The second-order valence-electron chi connectivity index (χ2n) is 0. The molecule has 2 nitrogen and oxygen atoms in total. The van der Waals surface area contributed by atoms with Crippen LogP contribution in [0.2, 0.25) is 0 Å². The van der Waals surface area contributed by atoms with E-state index in [-0.39, 0.29) is 84.3 Å². The predicted molar refractivity (Wildman–Crippen MR) is 5.26 cm³/mol. The first-order valence-corrected chi connectivity index (χ1v) is 0.200. The third kappa shape index (κ3) is 30.1. The Morgan fingerprint density at radius 3 is 0.667 bits per heavy atom. The molecule has 0 spiro atoms. The zero-order valence-corrected chi connectivity index (χ0v) is 12.4. The van der Waals surface area contributed by atoms with Crippen LogP contribution in [0.5, 0.6) is 0 Å². The average Bonchev–Trinajstić information content (AvgIpc) is 1.00. The van der Waals surface area contributed by atoms with Gasteiger partial charge in [-0.1, -0.05) is 0 Å². The van der Waals surface area contributed by atoms with Gasteiger partial charge in [-0.3, -0.25) is 10.5 Å². The largest absolute Gasteiger partial charge is 0.255 e. The molecule has 0 unspecified atom stereocenters. The van der Waals surface area contributed by atoms with Crippen molar-refractivity contribution < 1.29 is 94.8 Å². The Kier molecular flexibility index (Phi) is 302. The van der Waals surface area contributed by atoms with E-state index in [1.54, 1.807) is 0 Å². The van der Waals surface area contributed by atoms with E-state index in [9.17, 15) is 0 Å². The van der Waals surface area contributed by atoms with Gasteiger partial charge in [0.1, 0.15) is 0 Å². The standard InChI is InChI=1S/2Mo.H2O2.2W/c;;1-2;;/h;;1-2H;;. The second kappa shape index (κ2) is 47.8. The van der Waals surface area contributed by atoms with Crippen LogP contribution in [-0.2, 0) is 84.3 Å². The van der Waals surface area contributed by atoms with Gasteiger partial charge in [-0.25, -0.2) is 0 Å². The van der Waals surface area contributed by atoms with Gasteiger partial charge in [0, 0.05) is 84.3 Å². The van der Waals surface area contributed by atoms with Crippen LogP contribution >= 0.6 is 0 Å². The molecule has 0 fully saturated rings. The first-order chi connectivity index (χ1) is 1.00. The summed E-state index contributed by atoms with van der Waals surface area (Å²) >= 11 is 0. The molecule has 2 N–H and O–H groups in total. The van der Waals surface area contributed by atoms with Crippen molar-refractivity contribution in [1.29, 1.82) is 0 Å². The first-order valence-electron chi connectivity index (χ1n) is 0.200. The molecule has 0 saturated heterocycles. The van der Waals surface area contributed by atoms with E-state index in [0.717, 1.165) is 0 Å². The van der Waals surface area contributed by atoms with Crippen molar-refractivity contribution in [2.75, 3.05) is 0 Å². The Morgan fingerprint density at radius 2 is 0.667 bits per heavy atom. The van der Waals surface area contributed by atoms with Gasteiger partial charge in [-0.15, -0.1) is 0 Å². The van der Waals surface area contributed by atoms with E-state index in [0.29, 0.717) is 0 Å². The molecule has 0 aromatic carbocycles. The summed E-state index contributed by atoms with van der Waals surface area (Å²) in [6.45, 7) is 0. The van der Waals surface area contributed by atoms with Gasteiger partial charge in [0.05, 0.1) is 0 Å². The van der Waals surface area contributed by atoms with Gasteiger partial charge >= 0.3 is 0 Å². The van der Waals surface area contributed by atoms with Gasteiger partial charge in [-0.2, -0.15) is 0 Å². The third-order valence-corrected chi connectivity index (χ3v) is 0. The zero-order valence-electron chi connectivity index (χ0n) is 2.53. The Morgan fingerprint density at radius 1 is 0.667 bits per heavy atom. The summed E-state index contributed by atoms with van der Waals surface area (Å²) in [5, 5.41) is 12.0. The van der Waals surface area contributed by atoms with E-state index in [4.69, 9.17) is 10.5 Å². The fourth-order valence-corrected chi connectivity index (χ4v) is 0. The minimum atomic E-state index is 0. The van der Waals surface area contributed by atoms with Crippen LogP contribution in [0.3, 0.4) is 0 Å². The van der Waals surface area contributed by atoms with Crippen molar-refractivity contribution in [1.82, 2.24) is 0 Å². The van der Waals surface area contributed by atoms with Crippen molar-refractivity contribution in [3.05, 3.63) is 0 Å². The SMILES string of the molecule is OO.[Mo].[Mo].[W].[W]. The maximum atomic E-state index is 6.00. The molecule has 0 heterocycles. The Hall–Kier alpha value is 2.67. The molecule has 0 bridgehead atoms. The smallest absolute Gasteiger partial charge is 0 e. The summed E-state index contributed by atoms with van der Waals surface area (Å²) in [5.41, 5.74) is 0. The van der Waals surface area contributed by atoms with Crippen LogP contribution in [0.15, 0.2) is 0 Å². The van der Waals surface area contributed by atoms with Crippen LogP contribution < -0.4 is 0 Å². The summed E-state index contributed by atoms with van der Waals surface area (Å²) in [4.78, 5) is 0. The maximum Gasteiger partial charge on any atom is 0 e. The van der Waals surface area contributed by atoms with E-state index in [1.165, 1.54) is 0 Å². The van der Waals surface area contributed by atoms with Crippen LogP contribution in [0.25, 0.3) is 0 Å². The summed E-state index contributed by atoms with van der Waals surface area (Å²) in [5.74, 6) is 0. The van der Waals surface area contributed by atoms with E-state index < -0.39 is 0 Å². The minimum Gasteiger partial charge on any atom is -0.255 e. The maximum absolute atomic E-state index is 6.00. The number of hydrogen-bond donors (Lipinski definition) is 2. The molecule has 0 aliphatic rings. The molecule has 0 rings (SSSR count). The van der Waals surface area contributed by atoms with Crippen LogP contribution in [0.1, 0.15) is 0 Å². The van der Waals surface area contributed by atoms with Crippen LogP contribution in [0, 0.1) is 0 Å². The summed E-state index contributed by atoms with van der Waals surface area (Å²) in [7, 11) is 0. The average molecular weight is 594 g/mol. The molecule has 0 aliphatic carbocycles. The quantitative estimate of drug-likeness (QED) is 0.236. The van der Waals surface area contributed by atoms with Crippen LogP contribution in [-0.4, -0.2) is 10.5 Å². The Labute approximate surface area is 93.4 Å². The first kappa shape index (κ1) is 37.8. The summed E-state index contributed by atoms with van der Waals surface area (Å²) in [6.07, 6.45) is 0. The van der Waals surface area contributed by atoms with Gasteiger partial charge in [0.2, 0.25) is 0 Å². The van der Waals surface area contributed by atoms with Crippen molar-refractivity contribution in [3.63, 3.8) is 0 Å². The van der Waals surface area contributed by atoms with Crippen molar-refractivity contribution >= 4 is 0 Å². The van der Waals surface area contributed by atoms with Gasteiger partial charge in [0.15, 0.2) is 0 Å². The molecule has 0 atom stereocenters. The molecule has 0 aromatic heterocycles. The van der Waals surface area contributed by atoms with Gasteiger partial charge in [-0.05, 0) is 0 Å². The Balaban J connectivity index is -0.000000000833.